The van der Waals surface area contributed by atoms with Crippen molar-refractivity contribution in [3.8, 4) is 17.0 Å². The molecule has 0 spiro atoms. The minimum Gasteiger partial charge on any atom is -0.488 e. The number of hydrogen-bond donors (Lipinski definition) is 2. The molecule has 0 saturated carbocycles. The molecule has 0 fully saturated rings. The van der Waals surface area contributed by atoms with Crippen LogP contribution < -0.4 is 10.2 Å². The van der Waals surface area contributed by atoms with Crippen molar-refractivity contribution in [2.75, 3.05) is 0 Å². The molecule has 0 unspecified atom stereocenters. The molecule has 0 atom stereocenters. The van der Waals surface area contributed by atoms with Crippen LogP contribution in [0.1, 0.15) is 21.6 Å². The molecular formula is C28H22N4O2. The van der Waals surface area contributed by atoms with E-state index in [2.05, 4.69) is 38.9 Å². The lowest BCUT2D eigenvalue weighted by molar-refractivity contribution is 0.0950. The van der Waals surface area contributed by atoms with Crippen LogP contribution in [0.3, 0.4) is 0 Å². The van der Waals surface area contributed by atoms with E-state index < -0.39 is 0 Å². The van der Waals surface area contributed by atoms with Crippen LogP contribution in [0.5, 0.6) is 5.75 Å². The highest BCUT2D eigenvalue weighted by molar-refractivity contribution is 5.95. The zero-order valence-corrected chi connectivity index (χ0v) is 18.3. The number of H-pyrrole nitrogens is 1. The Hall–Kier alpha value is -4.71. The molecule has 4 aromatic carbocycles. The Kier molecular flexibility index (Phi) is 6.12. The third-order valence-electron chi connectivity index (χ3n) is 5.39. The molecule has 2 N–H and O–H groups in total. The Morgan fingerprint density at radius 1 is 0.882 bits per heavy atom. The van der Waals surface area contributed by atoms with Gasteiger partial charge >= 0.3 is 0 Å². The number of nitrogens with zero attached hydrogens (tertiary/aromatic N) is 2. The number of aromatic nitrogens is 2. The summed E-state index contributed by atoms with van der Waals surface area (Å²) in [6.07, 6.45) is 1.57. The first-order valence-corrected chi connectivity index (χ1v) is 10.9. The first-order valence-electron chi connectivity index (χ1n) is 10.9. The van der Waals surface area contributed by atoms with Crippen molar-refractivity contribution in [1.29, 1.82) is 0 Å². The van der Waals surface area contributed by atoms with Crippen molar-refractivity contribution >= 4 is 22.9 Å². The zero-order valence-electron chi connectivity index (χ0n) is 18.3. The summed E-state index contributed by atoms with van der Waals surface area (Å²) in [4.78, 5) is 12.6. The molecule has 1 heterocycles. The van der Waals surface area contributed by atoms with Gasteiger partial charge in [-0.15, -0.1) is 0 Å². The van der Waals surface area contributed by atoms with Crippen LogP contribution in [0.25, 0.3) is 22.0 Å². The number of para-hydroxylation sites is 1. The number of carbonyl (C=O) groups is 1. The summed E-state index contributed by atoms with van der Waals surface area (Å²) < 4.78 is 5.93. The summed E-state index contributed by atoms with van der Waals surface area (Å²) in [5.74, 6) is 0.308. The van der Waals surface area contributed by atoms with Crippen LogP contribution in [-0.2, 0) is 6.61 Å². The van der Waals surface area contributed by atoms with Crippen molar-refractivity contribution in [3.63, 3.8) is 0 Å². The van der Waals surface area contributed by atoms with Gasteiger partial charge in [-0.1, -0.05) is 78.9 Å². The smallest absolute Gasteiger partial charge is 0.289 e. The highest BCUT2D eigenvalue weighted by atomic mass is 16.5. The van der Waals surface area contributed by atoms with E-state index in [4.69, 9.17) is 4.74 Å². The highest BCUT2D eigenvalue weighted by Crippen LogP contribution is 2.23. The van der Waals surface area contributed by atoms with Gasteiger partial charge in [0.2, 0.25) is 0 Å². The van der Waals surface area contributed by atoms with Gasteiger partial charge < -0.3 is 4.74 Å². The van der Waals surface area contributed by atoms with E-state index in [-0.39, 0.29) is 5.91 Å². The maximum absolute atomic E-state index is 12.6. The van der Waals surface area contributed by atoms with Gasteiger partial charge in [0, 0.05) is 11.1 Å². The second-order valence-electron chi connectivity index (χ2n) is 7.74. The average molecular weight is 447 g/mol. The second-order valence-corrected chi connectivity index (χ2v) is 7.74. The van der Waals surface area contributed by atoms with Gasteiger partial charge in [0.25, 0.3) is 5.91 Å². The summed E-state index contributed by atoms with van der Waals surface area (Å²) >= 11 is 0. The predicted octanol–water partition coefficient (Wildman–Crippen LogP) is 5.57. The lowest BCUT2D eigenvalue weighted by Gasteiger charge is -2.08. The quantitative estimate of drug-likeness (QED) is 0.253. The van der Waals surface area contributed by atoms with Crippen LogP contribution >= 0.6 is 0 Å². The number of fused-ring (bicyclic) bond motifs is 1. The summed E-state index contributed by atoms with van der Waals surface area (Å²) in [6.45, 7) is 0.448. The van der Waals surface area contributed by atoms with E-state index in [1.165, 1.54) is 0 Å². The van der Waals surface area contributed by atoms with Gasteiger partial charge in [0.15, 0.2) is 0 Å². The maximum atomic E-state index is 12.6. The third-order valence-corrected chi connectivity index (χ3v) is 5.39. The van der Waals surface area contributed by atoms with E-state index in [1.54, 1.807) is 12.3 Å². The lowest BCUT2D eigenvalue weighted by atomic mass is 10.1. The number of hydrazone groups is 1. The van der Waals surface area contributed by atoms with Crippen molar-refractivity contribution < 1.29 is 9.53 Å². The number of benzene rings is 4. The van der Waals surface area contributed by atoms with E-state index in [1.807, 2.05) is 78.9 Å². The first kappa shape index (κ1) is 21.2. The van der Waals surface area contributed by atoms with Crippen molar-refractivity contribution in [3.05, 3.63) is 120 Å². The van der Waals surface area contributed by atoms with Crippen molar-refractivity contribution in [2.24, 2.45) is 5.10 Å². The molecule has 0 aliphatic carbocycles. The molecule has 166 valence electrons. The Morgan fingerprint density at radius 3 is 2.53 bits per heavy atom. The first-order chi connectivity index (χ1) is 16.8. The van der Waals surface area contributed by atoms with Crippen LogP contribution in [-0.4, -0.2) is 22.3 Å². The Balaban J connectivity index is 1.24. The molecule has 0 radical (unpaired) electrons. The van der Waals surface area contributed by atoms with Gasteiger partial charge in [-0.2, -0.15) is 10.2 Å². The Morgan fingerprint density at radius 2 is 1.65 bits per heavy atom. The third kappa shape index (κ3) is 4.86. The Labute approximate surface area is 196 Å². The molecule has 5 rings (SSSR count). The van der Waals surface area contributed by atoms with Gasteiger partial charge in [-0.05, 0) is 40.6 Å². The molecule has 1 amide bonds. The van der Waals surface area contributed by atoms with E-state index in [0.29, 0.717) is 23.7 Å². The maximum Gasteiger partial charge on any atom is 0.289 e. The number of carbonyl (C=O) groups excluding carboxylic acids is 1. The summed E-state index contributed by atoms with van der Waals surface area (Å²) in [5.41, 5.74) is 6.34. The van der Waals surface area contributed by atoms with Crippen LogP contribution in [0, 0.1) is 0 Å². The molecule has 0 aliphatic rings. The topological polar surface area (TPSA) is 79.4 Å². The minimum atomic E-state index is -0.376. The molecule has 5 aromatic rings. The number of ether oxygens (including phenoxy) is 1. The monoisotopic (exact) mass is 446 g/mol. The number of amides is 1. The summed E-state index contributed by atoms with van der Waals surface area (Å²) in [5, 5.41) is 13.5. The number of rotatable bonds is 7. The van der Waals surface area contributed by atoms with Crippen LogP contribution in [0.2, 0.25) is 0 Å². The summed E-state index contributed by atoms with van der Waals surface area (Å²) in [6, 6.07) is 33.4. The molecule has 6 nitrogen and oxygen atoms in total. The molecule has 0 aliphatic heterocycles. The largest absolute Gasteiger partial charge is 0.488 e. The standard InChI is InChI=1S/C28H22N4O2/c33-28(26-17-25(30-31-26)23-15-14-21-10-4-5-11-22(21)16-23)32-29-18-24-12-6-7-13-27(24)34-19-20-8-2-1-3-9-20/h1-18H,19H2,(H,30,31)(H,32,33)/b29-18+. The number of nitrogens with one attached hydrogen (secondary N) is 2. The van der Waals surface area contributed by atoms with Gasteiger partial charge in [-0.25, -0.2) is 5.43 Å². The summed E-state index contributed by atoms with van der Waals surface area (Å²) in [7, 11) is 0. The van der Waals surface area contributed by atoms with Crippen LogP contribution in [0.15, 0.2) is 108 Å². The highest BCUT2D eigenvalue weighted by Gasteiger charge is 2.11. The fraction of sp³-hybridized carbons (Fsp3) is 0.0357. The molecule has 0 saturated heterocycles. The molecular weight excluding hydrogens is 424 g/mol. The minimum absolute atomic E-state index is 0.328. The molecule has 34 heavy (non-hydrogen) atoms. The molecule has 1 aromatic heterocycles. The fourth-order valence-electron chi connectivity index (χ4n) is 3.61. The fourth-order valence-corrected chi connectivity index (χ4v) is 3.61. The Bertz CT molecular complexity index is 1460. The lowest BCUT2D eigenvalue weighted by Crippen LogP contribution is -2.18. The normalized spacial score (nSPS) is 11.1. The van der Waals surface area contributed by atoms with Crippen LogP contribution in [0.4, 0.5) is 0 Å². The van der Waals surface area contributed by atoms with Crippen molar-refractivity contribution in [1.82, 2.24) is 15.6 Å². The number of hydrogen-bond acceptors (Lipinski definition) is 4. The number of aromatic amines is 1. The molecule has 0 bridgehead atoms. The predicted molar refractivity (Wildman–Crippen MR) is 134 cm³/mol. The van der Waals surface area contributed by atoms with E-state index in [0.717, 1.165) is 27.5 Å². The van der Waals surface area contributed by atoms with E-state index in [9.17, 15) is 4.79 Å². The van der Waals surface area contributed by atoms with Gasteiger partial charge in [0.1, 0.15) is 18.1 Å². The SMILES string of the molecule is O=C(N/N=C/c1ccccc1OCc1ccccc1)c1cc(-c2ccc3ccccc3c2)n[nH]1. The van der Waals surface area contributed by atoms with E-state index >= 15 is 0 Å². The van der Waals surface area contributed by atoms with Gasteiger partial charge in [0.05, 0.1) is 11.9 Å². The van der Waals surface area contributed by atoms with Crippen molar-refractivity contribution in [2.45, 2.75) is 6.61 Å². The second kappa shape index (κ2) is 9.83. The average Bonchev–Trinajstić information content (AvgIpc) is 3.39. The zero-order chi connectivity index (χ0) is 23.2. The molecule has 6 heteroatoms. The van der Waals surface area contributed by atoms with Gasteiger partial charge in [-0.3, -0.25) is 9.89 Å².